The highest BCUT2D eigenvalue weighted by molar-refractivity contribution is 6.34. The van der Waals surface area contributed by atoms with Crippen molar-refractivity contribution in [3.05, 3.63) is 87.9 Å². The summed E-state index contributed by atoms with van der Waals surface area (Å²) in [5.74, 6) is 0.426. The molecule has 3 aromatic rings. The number of ketones is 1. The van der Waals surface area contributed by atoms with E-state index < -0.39 is 5.91 Å². The van der Waals surface area contributed by atoms with Crippen molar-refractivity contribution in [1.82, 2.24) is 0 Å². The third-order valence-corrected chi connectivity index (χ3v) is 5.13. The maximum Gasteiger partial charge on any atom is 0.256 e. The number of nitrogens with one attached hydrogen (secondary N) is 1. The van der Waals surface area contributed by atoms with Gasteiger partial charge in [0, 0.05) is 29.7 Å². The maximum atomic E-state index is 13.0. The monoisotopic (exact) mass is 421 g/mol. The summed E-state index contributed by atoms with van der Waals surface area (Å²) in [5, 5.41) is 3.12. The first-order chi connectivity index (χ1) is 14.5. The average Bonchev–Trinajstić information content (AvgIpc) is 2.99. The molecule has 0 aliphatic carbocycles. The maximum absolute atomic E-state index is 13.0. The van der Waals surface area contributed by atoms with E-state index in [9.17, 15) is 9.59 Å². The summed E-state index contributed by atoms with van der Waals surface area (Å²) in [7, 11) is 0. The zero-order valence-electron chi connectivity index (χ0n) is 16.4. The molecule has 30 heavy (non-hydrogen) atoms. The number of anilines is 1. The lowest BCUT2D eigenvalue weighted by Crippen LogP contribution is -2.17. The van der Waals surface area contributed by atoms with E-state index in [-0.39, 0.29) is 11.3 Å². The zero-order chi connectivity index (χ0) is 21.1. The highest BCUT2D eigenvalue weighted by Crippen LogP contribution is 2.38. The van der Waals surface area contributed by atoms with Gasteiger partial charge in [-0.3, -0.25) is 9.59 Å². The molecule has 1 aliphatic rings. The van der Waals surface area contributed by atoms with Crippen molar-refractivity contribution in [2.45, 2.75) is 13.3 Å². The summed E-state index contributed by atoms with van der Waals surface area (Å²) in [6.45, 7) is 3.02. The topological polar surface area (TPSA) is 64.6 Å². The van der Waals surface area contributed by atoms with Crippen LogP contribution in [0.15, 0.2) is 60.7 Å². The van der Waals surface area contributed by atoms with Crippen LogP contribution in [0.25, 0.3) is 0 Å². The molecule has 1 amide bonds. The number of amides is 1. The predicted octanol–water partition coefficient (Wildman–Crippen LogP) is 5.29. The Morgan fingerprint density at radius 3 is 2.23 bits per heavy atom. The van der Waals surface area contributed by atoms with Crippen molar-refractivity contribution in [3.8, 4) is 11.5 Å². The predicted molar refractivity (Wildman–Crippen MR) is 116 cm³/mol. The second-order valence-electron chi connectivity index (χ2n) is 7.02. The summed E-state index contributed by atoms with van der Waals surface area (Å²) in [4.78, 5) is 26.0. The Morgan fingerprint density at radius 1 is 0.900 bits per heavy atom. The number of ether oxygens (including phenoxy) is 2. The molecule has 0 spiro atoms. The van der Waals surface area contributed by atoms with Gasteiger partial charge in [0.15, 0.2) is 17.3 Å². The first-order valence-electron chi connectivity index (χ1n) is 9.64. The molecule has 152 valence electrons. The van der Waals surface area contributed by atoms with Crippen LogP contribution < -0.4 is 14.8 Å². The quantitative estimate of drug-likeness (QED) is 0.581. The van der Waals surface area contributed by atoms with E-state index in [0.29, 0.717) is 46.5 Å². The molecule has 0 bridgehead atoms. The van der Waals surface area contributed by atoms with Crippen LogP contribution in [0.5, 0.6) is 11.5 Å². The second kappa shape index (κ2) is 8.59. The number of benzene rings is 3. The minimum atomic E-state index is -0.428. The Hall–Kier alpha value is -3.31. The average molecular weight is 422 g/mol. The van der Waals surface area contributed by atoms with Gasteiger partial charge in [0.1, 0.15) is 0 Å². The van der Waals surface area contributed by atoms with Crippen molar-refractivity contribution in [2.24, 2.45) is 0 Å². The fourth-order valence-electron chi connectivity index (χ4n) is 3.21. The smallest absolute Gasteiger partial charge is 0.256 e. The van der Waals surface area contributed by atoms with E-state index in [1.165, 1.54) is 0 Å². The molecule has 0 radical (unpaired) electrons. The van der Waals surface area contributed by atoms with E-state index in [1.54, 1.807) is 48.5 Å². The van der Waals surface area contributed by atoms with Crippen molar-refractivity contribution in [2.75, 3.05) is 18.5 Å². The lowest BCUT2D eigenvalue weighted by molar-refractivity contribution is 0.0996. The molecule has 0 saturated carbocycles. The van der Waals surface area contributed by atoms with Crippen LogP contribution in [0, 0.1) is 6.92 Å². The van der Waals surface area contributed by atoms with Crippen molar-refractivity contribution >= 4 is 29.0 Å². The molecule has 3 aromatic carbocycles. The normalized spacial score (nSPS) is 12.7. The van der Waals surface area contributed by atoms with Crippen LogP contribution in [0.2, 0.25) is 5.02 Å². The molecule has 0 fully saturated rings. The van der Waals surface area contributed by atoms with Gasteiger partial charge in [0.25, 0.3) is 5.91 Å². The molecule has 1 heterocycles. The highest BCUT2D eigenvalue weighted by Gasteiger charge is 2.20. The standard InChI is InChI=1S/C24H20ClNO4/c1-15-7-9-16(10-8-15)23(27)17-5-2-3-6-18(17)24(28)26-20-14-22-21(13-19(20)25)29-11-4-12-30-22/h2-3,5-10,13-14H,4,11-12H2,1H3,(H,26,28). The third-order valence-electron chi connectivity index (χ3n) is 4.82. The second-order valence-corrected chi connectivity index (χ2v) is 7.43. The van der Waals surface area contributed by atoms with Gasteiger partial charge in [-0.05, 0) is 13.0 Å². The molecular formula is C24H20ClNO4. The molecule has 0 unspecified atom stereocenters. The van der Waals surface area contributed by atoms with Crippen molar-refractivity contribution < 1.29 is 19.1 Å². The Kier molecular flexibility index (Phi) is 5.72. The van der Waals surface area contributed by atoms with E-state index in [2.05, 4.69) is 5.32 Å². The number of hydrogen-bond acceptors (Lipinski definition) is 4. The van der Waals surface area contributed by atoms with Gasteiger partial charge < -0.3 is 14.8 Å². The molecule has 0 atom stereocenters. The summed E-state index contributed by atoms with van der Waals surface area (Å²) in [6, 6.07) is 17.2. The van der Waals surface area contributed by atoms with E-state index in [1.807, 2.05) is 19.1 Å². The van der Waals surface area contributed by atoms with Gasteiger partial charge in [-0.15, -0.1) is 0 Å². The molecular weight excluding hydrogens is 402 g/mol. The molecule has 1 aliphatic heterocycles. The Bertz CT molecular complexity index is 1110. The van der Waals surface area contributed by atoms with Crippen molar-refractivity contribution in [3.63, 3.8) is 0 Å². The summed E-state index contributed by atoms with van der Waals surface area (Å²) >= 11 is 6.34. The molecule has 5 nitrogen and oxygen atoms in total. The third kappa shape index (κ3) is 4.16. The number of rotatable bonds is 4. The zero-order valence-corrected chi connectivity index (χ0v) is 17.2. The molecule has 0 saturated heterocycles. The largest absolute Gasteiger partial charge is 0.490 e. The van der Waals surface area contributed by atoms with Crippen LogP contribution in [-0.4, -0.2) is 24.9 Å². The van der Waals surface area contributed by atoms with Crippen LogP contribution >= 0.6 is 11.6 Å². The molecule has 0 aromatic heterocycles. The summed E-state index contributed by atoms with van der Waals surface area (Å²) < 4.78 is 11.3. The first-order valence-corrected chi connectivity index (χ1v) is 10.0. The fraction of sp³-hybridized carbons (Fsp3) is 0.167. The van der Waals surface area contributed by atoms with Gasteiger partial charge in [-0.1, -0.05) is 59.6 Å². The van der Waals surface area contributed by atoms with E-state index in [4.69, 9.17) is 21.1 Å². The van der Waals surface area contributed by atoms with Gasteiger partial charge in [0.2, 0.25) is 0 Å². The van der Waals surface area contributed by atoms with Crippen LogP contribution in [0.3, 0.4) is 0 Å². The summed E-state index contributed by atoms with van der Waals surface area (Å²) in [6.07, 6.45) is 0.766. The van der Waals surface area contributed by atoms with E-state index >= 15 is 0 Å². The Labute approximate surface area is 179 Å². The Balaban J connectivity index is 1.63. The molecule has 4 rings (SSSR count). The van der Waals surface area contributed by atoms with Crippen LogP contribution in [0.1, 0.15) is 38.3 Å². The van der Waals surface area contributed by atoms with Gasteiger partial charge in [-0.2, -0.15) is 0 Å². The number of carbonyl (C=O) groups is 2. The number of fused-ring (bicyclic) bond motifs is 1. The fourth-order valence-corrected chi connectivity index (χ4v) is 3.41. The summed E-state index contributed by atoms with van der Waals surface area (Å²) in [5.41, 5.74) is 2.56. The van der Waals surface area contributed by atoms with Gasteiger partial charge in [-0.25, -0.2) is 0 Å². The lowest BCUT2D eigenvalue weighted by Gasteiger charge is -2.14. The number of hydrogen-bond donors (Lipinski definition) is 1. The first kappa shape index (κ1) is 20.0. The molecule has 1 N–H and O–H groups in total. The number of aryl methyl sites for hydroxylation is 1. The van der Waals surface area contributed by atoms with E-state index in [0.717, 1.165) is 12.0 Å². The number of carbonyl (C=O) groups excluding carboxylic acids is 2. The van der Waals surface area contributed by atoms with Gasteiger partial charge >= 0.3 is 0 Å². The molecule has 6 heteroatoms. The van der Waals surface area contributed by atoms with Crippen molar-refractivity contribution in [1.29, 1.82) is 0 Å². The highest BCUT2D eigenvalue weighted by atomic mass is 35.5. The Morgan fingerprint density at radius 2 is 1.53 bits per heavy atom. The number of halogens is 1. The van der Waals surface area contributed by atoms with Crippen LogP contribution in [0.4, 0.5) is 5.69 Å². The van der Waals surface area contributed by atoms with Gasteiger partial charge in [0.05, 0.1) is 29.5 Å². The SMILES string of the molecule is Cc1ccc(C(=O)c2ccccc2C(=O)Nc2cc3c(cc2Cl)OCCCO3)cc1. The van der Waals surface area contributed by atoms with Crippen LogP contribution in [-0.2, 0) is 0 Å². The minimum absolute atomic E-state index is 0.217. The minimum Gasteiger partial charge on any atom is -0.490 e. The lowest BCUT2D eigenvalue weighted by atomic mass is 9.97.